The molecule has 4 heterocycles. The van der Waals surface area contributed by atoms with Crippen molar-refractivity contribution in [3.8, 4) is 28.8 Å². The van der Waals surface area contributed by atoms with Crippen LogP contribution in [0.5, 0.6) is 0 Å². The molecule has 0 bridgehead atoms. The molecule has 12 heteroatoms. The largest absolute Gasteiger partial charge is 0.434 e. The Kier molecular flexibility index (Phi) is 6.38. The predicted molar refractivity (Wildman–Crippen MR) is 132 cm³/mol. The molecule has 1 aliphatic rings. The van der Waals surface area contributed by atoms with Gasteiger partial charge in [0.1, 0.15) is 29.1 Å². The van der Waals surface area contributed by atoms with E-state index in [9.17, 15) is 18.4 Å². The van der Waals surface area contributed by atoms with Gasteiger partial charge in [-0.25, -0.2) is 9.37 Å². The highest BCUT2D eigenvalue weighted by molar-refractivity contribution is 6.02. The Labute approximate surface area is 215 Å². The summed E-state index contributed by atoms with van der Waals surface area (Å²) in [6, 6.07) is 8.21. The number of aromatic nitrogens is 6. The number of hydrogen-bond acceptors (Lipinski definition) is 5. The highest BCUT2D eigenvalue weighted by Gasteiger charge is 2.35. The highest BCUT2D eigenvalue weighted by atomic mass is 19.4. The van der Waals surface area contributed by atoms with Crippen molar-refractivity contribution < 1.29 is 17.6 Å². The van der Waals surface area contributed by atoms with E-state index in [4.69, 9.17) is 5.10 Å². The van der Waals surface area contributed by atoms with E-state index in [1.165, 1.54) is 22.9 Å². The van der Waals surface area contributed by atoms with Crippen LogP contribution in [0.1, 0.15) is 56.6 Å². The fourth-order valence-corrected chi connectivity index (χ4v) is 4.58. The summed E-state index contributed by atoms with van der Waals surface area (Å²) >= 11 is 0. The molecule has 1 aromatic carbocycles. The lowest BCUT2D eigenvalue weighted by Crippen LogP contribution is -2.17. The Morgan fingerprint density at radius 1 is 1.21 bits per heavy atom. The molecule has 38 heavy (non-hydrogen) atoms. The third-order valence-electron chi connectivity index (χ3n) is 6.37. The van der Waals surface area contributed by atoms with Gasteiger partial charge >= 0.3 is 6.18 Å². The van der Waals surface area contributed by atoms with Crippen molar-refractivity contribution in [2.45, 2.75) is 58.9 Å². The summed E-state index contributed by atoms with van der Waals surface area (Å²) in [5.41, 5.74) is 2.33. The van der Waals surface area contributed by atoms with Crippen LogP contribution in [-0.4, -0.2) is 34.8 Å². The average molecular weight is 525 g/mol. The minimum Gasteiger partial charge on any atom is -0.331 e. The molecule has 0 spiro atoms. The fraction of sp³-hybridized carbons (Fsp3) is 0.346. The van der Waals surface area contributed by atoms with Crippen LogP contribution >= 0.6 is 0 Å². The van der Waals surface area contributed by atoms with Gasteiger partial charge in [-0.15, -0.1) is 0 Å². The van der Waals surface area contributed by atoms with Gasteiger partial charge in [0, 0.05) is 31.4 Å². The Bertz CT molecular complexity index is 1580. The van der Waals surface area contributed by atoms with Crippen molar-refractivity contribution in [1.29, 1.82) is 5.26 Å². The number of alkyl halides is 3. The summed E-state index contributed by atoms with van der Waals surface area (Å²) in [5.74, 6) is -0.808. The first-order chi connectivity index (χ1) is 18.1. The molecule has 0 unspecified atom stereocenters. The van der Waals surface area contributed by atoms with Crippen molar-refractivity contribution in [3.05, 3.63) is 59.4 Å². The number of fused-ring (bicyclic) bond motifs is 1. The second-order valence-corrected chi connectivity index (χ2v) is 9.25. The number of halogens is 4. The number of nitrogens with zero attached hydrogens (tertiary/aromatic N) is 8. The van der Waals surface area contributed by atoms with Crippen LogP contribution in [0.4, 0.5) is 23.2 Å². The molecular formula is C26H24F4N8. The molecule has 0 N–H and O–H groups in total. The second-order valence-electron chi connectivity index (χ2n) is 9.25. The number of rotatable bonds is 5. The van der Waals surface area contributed by atoms with Gasteiger partial charge in [0.25, 0.3) is 0 Å². The number of imidazole rings is 1. The third-order valence-corrected chi connectivity index (χ3v) is 6.37. The normalized spacial score (nSPS) is 14.8. The van der Waals surface area contributed by atoms with E-state index in [0.29, 0.717) is 41.3 Å². The van der Waals surface area contributed by atoms with Gasteiger partial charge in [-0.1, -0.05) is 0 Å². The van der Waals surface area contributed by atoms with E-state index in [1.54, 1.807) is 17.7 Å². The Hall–Kier alpha value is -4.27. The van der Waals surface area contributed by atoms with Crippen LogP contribution in [-0.2, 0) is 19.3 Å². The number of aryl methyl sites for hydroxylation is 2. The minimum atomic E-state index is -4.62. The molecule has 4 aromatic rings. The van der Waals surface area contributed by atoms with Crippen LogP contribution in [0.2, 0.25) is 0 Å². The van der Waals surface area contributed by atoms with Crippen LogP contribution in [0.15, 0.2) is 41.7 Å². The topological polar surface area (TPSA) is 89.6 Å². The summed E-state index contributed by atoms with van der Waals surface area (Å²) in [6.07, 6.45) is -0.809. The molecule has 0 aliphatic carbocycles. The van der Waals surface area contributed by atoms with E-state index in [2.05, 4.69) is 21.1 Å². The number of benzene rings is 1. The summed E-state index contributed by atoms with van der Waals surface area (Å²) in [5, 5.41) is 18.6. The molecule has 196 valence electrons. The zero-order chi connectivity index (χ0) is 27.2. The molecule has 0 saturated carbocycles. The Morgan fingerprint density at radius 3 is 2.66 bits per heavy atom. The summed E-state index contributed by atoms with van der Waals surface area (Å²) < 4.78 is 59.5. The first kappa shape index (κ1) is 25.4. The molecule has 0 amide bonds. The van der Waals surface area contributed by atoms with Gasteiger partial charge in [-0.3, -0.25) is 14.4 Å². The molecule has 0 saturated heterocycles. The lowest BCUT2D eigenvalue weighted by Gasteiger charge is -2.15. The molecule has 0 fully saturated rings. The van der Waals surface area contributed by atoms with Gasteiger partial charge in [0.15, 0.2) is 5.69 Å². The minimum absolute atomic E-state index is 0.0240. The van der Waals surface area contributed by atoms with E-state index in [1.807, 2.05) is 24.6 Å². The molecule has 1 aliphatic heterocycles. The van der Waals surface area contributed by atoms with E-state index < -0.39 is 17.7 Å². The highest BCUT2D eigenvalue weighted by Crippen LogP contribution is 2.34. The smallest absolute Gasteiger partial charge is 0.331 e. The Morgan fingerprint density at radius 2 is 2.00 bits per heavy atom. The third kappa shape index (κ3) is 4.49. The maximum atomic E-state index is 15.1. The predicted octanol–water partition coefficient (Wildman–Crippen LogP) is 6.16. The number of hydrogen-bond donors (Lipinski definition) is 0. The van der Waals surface area contributed by atoms with Gasteiger partial charge < -0.3 is 4.57 Å². The first-order valence-corrected chi connectivity index (χ1v) is 12.2. The summed E-state index contributed by atoms with van der Waals surface area (Å²) in [4.78, 5) is 8.30. The van der Waals surface area contributed by atoms with Crippen LogP contribution < -0.4 is 0 Å². The van der Waals surface area contributed by atoms with E-state index in [0.717, 1.165) is 18.3 Å². The van der Waals surface area contributed by atoms with Crippen molar-refractivity contribution in [2.75, 3.05) is 0 Å². The number of aliphatic imine (C=N–C) groups is 1. The monoisotopic (exact) mass is 524 g/mol. The fourth-order valence-electron chi connectivity index (χ4n) is 4.58. The SMILES string of the molecule is CCn1cc(C(F)(F)F)nc1-c1ccc(/N=C2\CCCn3nc(-c4c(C#N)cnn4C(C)C)cc32)cc1F. The number of nitriles is 1. The van der Waals surface area contributed by atoms with Gasteiger partial charge in [-0.2, -0.15) is 28.6 Å². The molecule has 8 nitrogen and oxygen atoms in total. The van der Waals surface area contributed by atoms with Gasteiger partial charge in [0.05, 0.1) is 34.4 Å². The van der Waals surface area contributed by atoms with E-state index in [-0.39, 0.29) is 24.0 Å². The molecule has 5 rings (SSSR count). The van der Waals surface area contributed by atoms with Crippen LogP contribution in [0, 0.1) is 17.1 Å². The summed E-state index contributed by atoms with van der Waals surface area (Å²) in [6.45, 7) is 6.47. The van der Waals surface area contributed by atoms with Crippen LogP contribution in [0.3, 0.4) is 0 Å². The van der Waals surface area contributed by atoms with Crippen LogP contribution in [0.25, 0.3) is 22.8 Å². The van der Waals surface area contributed by atoms with Crippen molar-refractivity contribution in [2.24, 2.45) is 4.99 Å². The lowest BCUT2D eigenvalue weighted by atomic mass is 10.1. The molecule has 0 radical (unpaired) electrons. The standard InChI is InChI=1S/C26H24F4N8/c1-4-36-14-23(26(28,29)30)34-25(36)18-8-7-17(10-19(18)27)33-20-6-5-9-37-22(20)11-21(35-37)24-16(12-31)13-32-38(24)15(2)3/h7-8,10-11,13-15H,4-6,9H2,1-3H3/b33-20+. The first-order valence-electron chi connectivity index (χ1n) is 12.2. The molecular weight excluding hydrogens is 500 g/mol. The zero-order valence-corrected chi connectivity index (χ0v) is 21.0. The van der Waals surface area contributed by atoms with E-state index >= 15 is 4.39 Å². The van der Waals surface area contributed by atoms with Crippen molar-refractivity contribution in [1.82, 2.24) is 29.1 Å². The summed E-state index contributed by atoms with van der Waals surface area (Å²) in [7, 11) is 0. The Balaban J connectivity index is 1.51. The zero-order valence-electron chi connectivity index (χ0n) is 21.0. The van der Waals surface area contributed by atoms with Crippen molar-refractivity contribution >= 4 is 11.4 Å². The second kappa shape index (κ2) is 9.55. The quantitative estimate of drug-likeness (QED) is 0.293. The molecule has 3 aromatic heterocycles. The maximum absolute atomic E-state index is 15.1. The molecule has 0 atom stereocenters. The van der Waals surface area contributed by atoms with Gasteiger partial charge in [-0.05, 0) is 51.8 Å². The average Bonchev–Trinajstić information content (AvgIpc) is 3.59. The lowest BCUT2D eigenvalue weighted by molar-refractivity contribution is -0.140. The van der Waals surface area contributed by atoms with Crippen molar-refractivity contribution in [3.63, 3.8) is 0 Å². The van der Waals surface area contributed by atoms with Gasteiger partial charge in [0.2, 0.25) is 0 Å². The maximum Gasteiger partial charge on any atom is 0.434 e.